The van der Waals surface area contributed by atoms with Crippen LogP contribution in [-0.2, 0) is 4.79 Å². The summed E-state index contributed by atoms with van der Waals surface area (Å²) in [6, 6.07) is 3.29. The molecule has 0 saturated heterocycles. The van der Waals surface area contributed by atoms with E-state index in [4.69, 9.17) is 4.74 Å². The molecule has 1 aromatic rings. The number of aldehydes is 1. The Hall–Kier alpha value is -1.91. The normalized spacial score (nSPS) is 10.1. The molecule has 1 heterocycles. The average Bonchev–Trinajstić information content (AvgIpc) is 2.35. The molecule has 0 atom stereocenters. The fourth-order valence-corrected chi connectivity index (χ4v) is 1.08. The Morgan fingerprint density at radius 1 is 1.53 bits per heavy atom. The number of aromatic nitrogens is 1. The molecule has 0 spiro atoms. The van der Waals surface area contributed by atoms with E-state index in [1.54, 1.807) is 24.1 Å². The topological polar surface area (TPSA) is 59.5 Å². The van der Waals surface area contributed by atoms with E-state index in [-0.39, 0.29) is 18.6 Å². The molecule has 5 nitrogen and oxygen atoms in total. The lowest BCUT2D eigenvalue weighted by molar-refractivity contribution is -0.133. The lowest BCUT2D eigenvalue weighted by Gasteiger charge is -2.21. The molecular weight excluding hydrogens is 220 g/mol. The first-order chi connectivity index (χ1) is 8.04. The Morgan fingerprint density at radius 2 is 2.24 bits per heavy atom. The average molecular weight is 236 g/mol. The van der Waals surface area contributed by atoms with Gasteiger partial charge in [0.2, 0.25) is 0 Å². The van der Waals surface area contributed by atoms with Crippen molar-refractivity contribution in [2.24, 2.45) is 0 Å². The highest BCUT2D eigenvalue weighted by Crippen LogP contribution is 2.08. The summed E-state index contributed by atoms with van der Waals surface area (Å²) in [4.78, 5) is 27.4. The zero-order valence-corrected chi connectivity index (χ0v) is 10.2. The van der Waals surface area contributed by atoms with Crippen molar-refractivity contribution in [3.8, 4) is 5.75 Å². The van der Waals surface area contributed by atoms with E-state index in [9.17, 15) is 9.59 Å². The van der Waals surface area contributed by atoms with Gasteiger partial charge in [-0.2, -0.15) is 0 Å². The van der Waals surface area contributed by atoms with Crippen molar-refractivity contribution in [1.82, 2.24) is 9.88 Å². The van der Waals surface area contributed by atoms with Gasteiger partial charge in [-0.15, -0.1) is 0 Å². The molecule has 0 aliphatic carbocycles. The minimum atomic E-state index is -0.0977. The van der Waals surface area contributed by atoms with Crippen LogP contribution in [0.1, 0.15) is 24.3 Å². The predicted octanol–water partition coefficient (Wildman–Crippen LogP) is 1.14. The van der Waals surface area contributed by atoms with Crippen molar-refractivity contribution in [3.63, 3.8) is 0 Å². The Kier molecular flexibility index (Phi) is 4.63. The van der Waals surface area contributed by atoms with Gasteiger partial charge in [0.15, 0.2) is 12.9 Å². The van der Waals surface area contributed by atoms with E-state index in [1.165, 1.54) is 6.20 Å². The number of carbonyl (C=O) groups is 2. The van der Waals surface area contributed by atoms with Gasteiger partial charge in [-0.25, -0.2) is 4.98 Å². The number of amides is 1. The maximum atomic E-state index is 11.6. The molecule has 0 radical (unpaired) electrons. The van der Waals surface area contributed by atoms with Crippen molar-refractivity contribution in [1.29, 1.82) is 0 Å². The molecule has 0 saturated carbocycles. The van der Waals surface area contributed by atoms with Crippen LogP contribution in [0.25, 0.3) is 0 Å². The van der Waals surface area contributed by atoms with E-state index < -0.39 is 0 Å². The van der Waals surface area contributed by atoms with E-state index >= 15 is 0 Å². The van der Waals surface area contributed by atoms with E-state index in [1.807, 2.05) is 13.8 Å². The monoisotopic (exact) mass is 236 g/mol. The molecule has 0 bridgehead atoms. The quantitative estimate of drug-likeness (QED) is 0.719. The molecule has 0 fully saturated rings. The summed E-state index contributed by atoms with van der Waals surface area (Å²) in [5.74, 6) is 0.376. The number of ether oxygens (including phenoxy) is 1. The first-order valence-electron chi connectivity index (χ1n) is 5.34. The lowest BCUT2D eigenvalue weighted by atomic mass is 10.3. The highest BCUT2D eigenvalue weighted by Gasteiger charge is 2.12. The van der Waals surface area contributed by atoms with Gasteiger partial charge >= 0.3 is 0 Å². The summed E-state index contributed by atoms with van der Waals surface area (Å²) in [6.07, 6.45) is 2.08. The summed E-state index contributed by atoms with van der Waals surface area (Å²) in [7, 11) is 1.73. The van der Waals surface area contributed by atoms with Gasteiger partial charge in [-0.1, -0.05) is 0 Å². The van der Waals surface area contributed by atoms with Crippen LogP contribution in [0.3, 0.4) is 0 Å². The summed E-state index contributed by atoms with van der Waals surface area (Å²) >= 11 is 0. The Labute approximate surface area is 100 Å². The van der Waals surface area contributed by atoms with Gasteiger partial charge in [0.05, 0.1) is 6.20 Å². The van der Waals surface area contributed by atoms with Crippen LogP contribution < -0.4 is 4.74 Å². The smallest absolute Gasteiger partial charge is 0.260 e. The van der Waals surface area contributed by atoms with Gasteiger partial charge in [-0.3, -0.25) is 9.59 Å². The zero-order chi connectivity index (χ0) is 12.8. The highest BCUT2D eigenvalue weighted by atomic mass is 16.5. The Bertz CT molecular complexity index is 387. The Balaban J connectivity index is 2.50. The van der Waals surface area contributed by atoms with Gasteiger partial charge < -0.3 is 9.64 Å². The summed E-state index contributed by atoms with van der Waals surface area (Å²) < 4.78 is 5.27. The van der Waals surface area contributed by atoms with Crippen LogP contribution in [0.2, 0.25) is 0 Å². The van der Waals surface area contributed by atoms with Crippen molar-refractivity contribution in [2.45, 2.75) is 19.9 Å². The van der Waals surface area contributed by atoms with E-state index in [0.717, 1.165) is 0 Å². The van der Waals surface area contributed by atoms with Crippen molar-refractivity contribution >= 4 is 12.2 Å². The second kappa shape index (κ2) is 5.98. The lowest BCUT2D eigenvalue weighted by Crippen LogP contribution is -2.36. The largest absolute Gasteiger partial charge is 0.482 e. The SMILES string of the molecule is CC(C)N(C)C(=O)COc1ccc(C=O)nc1. The minimum absolute atomic E-state index is 0.0310. The number of hydrogen-bond acceptors (Lipinski definition) is 4. The maximum absolute atomic E-state index is 11.6. The number of nitrogens with zero attached hydrogens (tertiary/aromatic N) is 2. The number of carbonyl (C=O) groups excluding carboxylic acids is 2. The molecule has 0 aromatic carbocycles. The zero-order valence-electron chi connectivity index (χ0n) is 10.2. The molecule has 1 rings (SSSR count). The van der Waals surface area contributed by atoms with Crippen molar-refractivity contribution in [3.05, 3.63) is 24.0 Å². The van der Waals surface area contributed by atoms with Gasteiger partial charge in [0.1, 0.15) is 11.4 Å². The van der Waals surface area contributed by atoms with Crippen LogP contribution in [0.15, 0.2) is 18.3 Å². The number of pyridine rings is 1. The van der Waals surface area contributed by atoms with Crippen molar-refractivity contribution < 1.29 is 14.3 Å². The fourth-order valence-electron chi connectivity index (χ4n) is 1.08. The van der Waals surface area contributed by atoms with E-state index in [0.29, 0.717) is 17.7 Å². The number of hydrogen-bond donors (Lipinski definition) is 0. The maximum Gasteiger partial charge on any atom is 0.260 e. The first kappa shape index (κ1) is 13.2. The third-order valence-electron chi connectivity index (χ3n) is 2.41. The van der Waals surface area contributed by atoms with Crippen LogP contribution >= 0.6 is 0 Å². The van der Waals surface area contributed by atoms with Gasteiger partial charge in [-0.05, 0) is 26.0 Å². The first-order valence-corrected chi connectivity index (χ1v) is 5.34. The van der Waals surface area contributed by atoms with E-state index in [2.05, 4.69) is 4.98 Å². The summed E-state index contributed by atoms with van der Waals surface area (Å²) in [5.41, 5.74) is 0.336. The molecule has 5 heteroatoms. The number of rotatable bonds is 5. The van der Waals surface area contributed by atoms with Crippen LogP contribution in [-0.4, -0.2) is 41.8 Å². The molecule has 92 valence electrons. The van der Waals surface area contributed by atoms with Crippen LogP contribution in [0, 0.1) is 0 Å². The van der Waals surface area contributed by atoms with Crippen LogP contribution in [0.5, 0.6) is 5.75 Å². The third kappa shape index (κ3) is 3.86. The number of likely N-dealkylation sites (N-methyl/N-ethyl adjacent to an activating group) is 1. The molecule has 1 amide bonds. The van der Waals surface area contributed by atoms with Crippen molar-refractivity contribution in [2.75, 3.05) is 13.7 Å². The molecule has 17 heavy (non-hydrogen) atoms. The molecule has 0 aliphatic heterocycles. The molecule has 1 aromatic heterocycles. The van der Waals surface area contributed by atoms with Crippen LogP contribution in [0.4, 0.5) is 0 Å². The summed E-state index contributed by atoms with van der Waals surface area (Å²) in [6.45, 7) is 3.83. The molecule has 0 aliphatic rings. The Morgan fingerprint density at radius 3 is 2.71 bits per heavy atom. The standard InChI is InChI=1S/C12H16N2O3/c1-9(2)14(3)12(16)8-17-11-5-4-10(7-15)13-6-11/h4-7,9H,8H2,1-3H3. The second-order valence-corrected chi connectivity index (χ2v) is 3.92. The molecule has 0 N–H and O–H groups in total. The van der Waals surface area contributed by atoms with Gasteiger partial charge in [0, 0.05) is 13.1 Å². The third-order valence-corrected chi connectivity index (χ3v) is 2.41. The fraction of sp³-hybridized carbons (Fsp3) is 0.417. The predicted molar refractivity (Wildman–Crippen MR) is 63.0 cm³/mol. The highest BCUT2D eigenvalue weighted by molar-refractivity contribution is 5.77. The second-order valence-electron chi connectivity index (χ2n) is 3.92. The summed E-state index contributed by atoms with van der Waals surface area (Å²) in [5, 5.41) is 0. The molecular formula is C12H16N2O3. The van der Waals surface area contributed by atoms with Gasteiger partial charge in [0.25, 0.3) is 5.91 Å². The minimum Gasteiger partial charge on any atom is -0.482 e. The molecule has 0 unspecified atom stereocenters.